The molecule has 3 heterocycles. The minimum atomic E-state index is -0.654. The predicted molar refractivity (Wildman–Crippen MR) is 134 cm³/mol. The van der Waals surface area contributed by atoms with Gasteiger partial charge in [-0.2, -0.15) is 9.61 Å². The van der Waals surface area contributed by atoms with Gasteiger partial charge in [-0.25, -0.2) is 0 Å². The molecule has 0 saturated heterocycles. The number of amides is 1. The zero-order valence-electron chi connectivity index (χ0n) is 19.4. The van der Waals surface area contributed by atoms with Crippen LogP contribution in [0.25, 0.3) is 28.4 Å². The van der Waals surface area contributed by atoms with Gasteiger partial charge in [0.1, 0.15) is 11.4 Å². The van der Waals surface area contributed by atoms with Crippen LogP contribution in [0.2, 0.25) is 0 Å². The van der Waals surface area contributed by atoms with Gasteiger partial charge in [0.25, 0.3) is 5.91 Å². The van der Waals surface area contributed by atoms with Crippen molar-refractivity contribution >= 4 is 17.2 Å². The average Bonchev–Trinajstić information content (AvgIpc) is 3.33. The van der Waals surface area contributed by atoms with E-state index in [-0.39, 0.29) is 5.91 Å². The van der Waals surface area contributed by atoms with Gasteiger partial charge in [-0.05, 0) is 67.4 Å². The zero-order chi connectivity index (χ0) is 24.2. The first-order valence-electron chi connectivity index (χ1n) is 11.4. The molecule has 0 saturated carbocycles. The van der Waals surface area contributed by atoms with Gasteiger partial charge in [0.15, 0.2) is 11.8 Å². The number of nitrogens with zero attached hydrogens (tertiary/aromatic N) is 5. The van der Waals surface area contributed by atoms with Crippen LogP contribution >= 0.6 is 0 Å². The number of hydrogen-bond acceptors (Lipinski definition) is 6. The van der Waals surface area contributed by atoms with E-state index in [1.54, 1.807) is 17.6 Å². The number of aryl methyl sites for hydroxylation is 1. The van der Waals surface area contributed by atoms with Crippen LogP contribution in [0.3, 0.4) is 0 Å². The normalized spacial score (nSPS) is 11.8. The number of benzene rings is 2. The lowest BCUT2D eigenvalue weighted by Gasteiger charge is -2.15. The van der Waals surface area contributed by atoms with E-state index in [0.29, 0.717) is 34.3 Å². The molecule has 0 bridgehead atoms. The van der Waals surface area contributed by atoms with Gasteiger partial charge in [-0.3, -0.25) is 9.78 Å². The number of carbonyl (C=O) groups excluding carboxylic acids is 1. The van der Waals surface area contributed by atoms with Crippen LogP contribution in [0.15, 0.2) is 85.1 Å². The molecule has 35 heavy (non-hydrogen) atoms. The maximum absolute atomic E-state index is 12.8. The van der Waals surface area contributed by atoms with E-state index in [9.17, 15) is 4.79 Å². The lowest BCUT2D eigenvalue weighted by molar-refractivity contribution is -0.122. The topological polar surface area (TPSA) is 94.3 Å². The fourth-order valence-electron chi connectivity index (χ4n) is 3.66. The van der Waals surface area contributed by atoms with Crippen molar-refractivity contribution in [1.82, 2.24) is 24.8 Å². The molecule has 0 aliphatic carbocycles. The Balaban J connectivity index is 1.34. The van der Waals surface area contributed by atoms with Crippen molar-refractivity contribution in [2.24, 2.45) is 0 Å². The third-order valence-electron chi connectivity index (χ3n) is 5.60. The minimum absolute atomic E-state index is 0.235. The first-order valence-corrected chi connectivity index (χ1v) is 11.4. The summed E-state index contributed by atoms with van der Waals surface area (Å²) >= 11 is 0. The van der Waals surface area contributed by atoms with Gasteiger partial charge >= 0.3 is 0 Å². The summed E-state index contributed by atoms with van der Waals surface area (Å²) in [6.45, 7) is 3.83. The molecule has 0 spiro atoms. The van der Waals surface area contributed by atoms with Crippen molar-refractivity contribution in [2.45, 2.75) is 26.4 Å². The van der Waals surface area contributed by atoms with Crippen LogP contribution in [0.1, 0.15) is 19.4 Å². The second-order valence-corrected chi connectivity index (χ2v) is 8.05. The van der Waals surface area contributed by atoms with Gasteiger partial charge in [0, 0.05) is 17.4 Å². The Labute approximate surface area is 202 Å². The van der Waals surface area contributed by atoms with Crippen molar-refractivity contribution in [3.63, 3.8) is 0 Å². The molecule has 1 atom stereocenters. The van der Waals surface area contributed by atoms with Crippen LogP contribution in [-0.4, -0.2) is 36.8 Å². The number of anilines is 1. The fraction of sp³-hybridized carbons (Fsp3) is 0.148. The summed E-state index contributed by atoms with van der Waals surface area (Å²) in [5.74, 6) is 0.986. The molecular weight excluding hydrogens is 440 g/mol. The number of carbonyl (C=O) groups is 1. The Kier molecular flexibility index (Phi) is 6.17. The maximum atomic E-state index is 12.8. The van der Waals surface area contributed by atoms with Gasteiger partial charge in [0.05, 0.1) is 5.69 Å². The summed E-state index contributed by atoms with van der Waals surface area (Å²) in [6, 6.07) is 24.6. The molecule has 0 aliphatic rings. The van der Waals surface area contributed by atoms with Gasteiger partial charge in [-0.15, -0.1) is 10.2 Å². The summed E-state index contributed by atoms with van der Waals surface area (Å²) in [4.78, 5) is 17.1. The van der Waals surface area contributed by atoms with Crippen LogP contribution in [0.4, 0.5) is 5.69 Å². The highest BCUT2D eigenvalue weighted by molar-refractivity contribution is 5.94. The SMILES string of the molecule is CCc1ccc(OC(C)C(=O)Nc2cccc(-c3ccc4nnc(-c5ccccn5)n4n3)c2)cc1. The van der Waals surface area contributed by atoms with E-state index in [0.717, 1.165) is 12.0 Å². The first-order chi connectivity index (χ1) is 17.1. The molecule has 174 valence electrons. The van der Waals surface area contributed by atoms with Crippen molar-refractivity contribution < 1.29 is 9.53 Å². The molecule has 8 nitrogen and oxygen atoms in total. The van der Waals surface area contributed by atoms with Gasteiger partial charge in [0.2, 0.25) is 5.82 Å². The number of nitrogens with one attached hydrogen (secondary N) is 1. The van der Waals surface area contributed by atoms with Crippen molar-refractivity contribution in [3.8, 4) is 28.5 Å². The Hall–Kier alpha value is -4.59. The second-order valence-electron chi connectivity index (χ2n) is 8.05. The van der Waals surface area contributed by atoms with E-state index in [1.165, 1.54) is 5.56 Å². The minimum Gasteiger partial charge on any atom is -0.481 e. The standard InChI is InChI=1S/C27H24N6O2/c1-3-19-10-12-22(13-11-19)35-18(2)27(34)29-21-8-6-7-20(17-21)23-14-15-25-30-31-26(33(25)32-23)24-9-4-5-16-28-24/h4-18H,3H2,1-2H3,(H,29,34). The van der Waals surface area contributed by atoms with E-state index in [1.807, 2.05) is 78.9 Å². The molecule has 0 aliphatic heterocycles. The van der Waals surface area contributed by atoms with E-state index < -0.39 is 6.10 Å². The zero-order valence-corrected chi connectivity index (χ0v) is 19.4. The van der Waals surface area contributed by atoms with Crippen molar-refractivity contribution in [2.75, 3.05) is 5.32 Å². The molecule has 5 rings (SSSR count). The van der Waals surface area contributed by atoms with Crippen molar-refractivity contribution in [1.29, 1.82) is 0 Å². The van der Waals surface area contributed by atoms with Crippen LogP contribution in [-0.2, 0) is 11.2 Å². The van der Waals surface area contributed by atoms with Gasteiger partial charge < -0.3 is 10.1 Å². The third kappa shape index (κ3) is 4.86. The van der Waals surface area contributed by atoms with E-state index in [4.69, 9.17) is 9.84 Å². The van der Waals surface area contributed by atoms with E-state index >= 15 is 0 Å². The largest absolute Gasteiger partial charge is 0.481 e. The van der Waals surface area contributed by atoms with E-state index in [2.05, 4.69) is 27.4 Å². The van der Waals surface area contributed by atoms with Gasteiger partial charge in [-0.1, -0.05) is 37.3 Å². The summed E-state index contributed by atoms with van der Waals surface area (Å²) in [6.07, 6.45) is 2.01. The van der Waals surface area contributed by atoms with Crippen molar-refractivity contribution in [3.05, 3.63) is 90.6 Å². The Morgan fingerprint density at radius 1 is 0.971 bits per heavy atom. The summed E-state index contributed by atoms with van der Waals surface area (Å²) in [5.41, 5.74) is 4.73. The number of aromatic nitrogens is 5. The average molecular weight is 465 g/mol. The number of pyridine rings is 1. The highest BCUT2D eigenvalue weighted by Crippen LogP contribution is 2.23. The Morgan fingerprint density at radius 2 is 1.83 bits per heavy atom. The maximum Gasteiger partial charge on any atom is 0.265 e. The smallest absolute Gasteiger partial charge is 0.265 e. The first kappa shape index (κ1) is 22.2. The lowest BCUT2D eigenvalue weighted by Crippen LogP contribution is -2.30. The number of hydrogen-bond donors (Lipinski definition) is 1. The highest BCUT2D eigenvalue weighted by atomic mass is 16.5. The van der Waals surface area contributed by atoms with Crippen LogP contribution in [0, 0.1) is 0 Å². The number of ether oxygens (including phenoxy) is 1. The molecular formula is C27H24N6O2. The summed E-state index contributed by atoms with van der Waals surface area (Å²) in [5, 5.41) is 16.1. The molecule has 2 aromatic carbocycles. The lowest BCUT2D eigenvalue weighted by atomic mass is 10.1. The van der Waals surface area contributed by atoms with Crippen LogP contribution in [0.5, 0.6) is 5.75 Å². The second kappa shape index (κ2) is 9.72. The Morgan fingerprint density at radius 3 is 2.60 bits per heavy atom. The molecule has 0 radical (unpaired) electrons. The highest BCUT2D eigenvalue weighted by Gasteiger charge is 2.16. The predicted octanol–water partition coefficient (Wildman–Crippen LogP) is 4.82. The summed E-state index contributed by atoms with van der Waals surface area (Å²) < 4.78 is 7.48. The molecule has 1 amide bonds. The fourth-order valence-corrected chi connectivity index (χ4v) is 3.66. The Bertz CT molecular complexity index is 1460. The molecule has 1 unspecified atom stereocenters. The summed E-state index contributed by atoms with van der Waals surface area (Å²) in [7, 11) is 0. The third-order valence-corrected chi connectivity index (χ3v) is 5.60. The quantitative estimate of drug-likeness (QED) is 0.371. The molecule has 0 fully saturated rings. The molecule has 3 aromatic heterocycles. The molecule has 8 heteroatoms. The van der Waals surface area contributed by atoms with Crippen LogP contribution < -0.4 is 10.1 Å². The number of rotatable bonds is 7. The number of fused-ring (bicyclic) bond motifs is 1. The molecule has 1 N–H and O–H groups in total. The molecule has 5 aromatic rings. The monoisotopic (exact) mass is 464 g/mol.